The van der Waals surface area contributed by atoms with Crippen LogP contribution in [0.1, 0.15) is 30.1 Å². The van der Waals surface area contributed by atoms with Crippen LogP contribution in [0.3, 0.4) is 0 Å². The Morgan fingerprint density at radius 3 is 2.80 bits per heavy atom. The fraction of sp³-hybridized carbons (Fsp3) is 0.579. The van der Waals surface area contributed by atoms with Gasteiger partial charge in [0.05, 0.1) is 24.9 Å². The predicted molar refractivity (Wildman–Crippen MR) is 94.0 cm³/mol. The molecular weight excluding hydrogens is 316 g/mol. The Balaban J connectivity index is 1.35. The van der Waals surface area contributed by atoms with Crippen molar-refractivity contribution in [3.63, 3.8) is 0 Å². The van der Waals surface area contributed by atoms with Crippen molar-refractivity contribution < 1.29 is 9.47 Å². The predicted octanol–water partition coefficient (Wildman–Crippen LogP) is 2.28. The topological polar surface area (TPSA) is 52.4 Å². The molecule has 0 spiro atoms. The lowest BCUT2D eigenvalue weighted by molar-refractivity contribution is 0.0284. The maximum absolute atomic E-state index is 5.99. The molecule has 1 atom stereocenters. The average molecular weight is 342 g/mol. The van der Waals surface area contributed by atoms with Gasteiger partial charge in [-0.2, -0.15) is 5.10 Å². The van der Waals surface area contributed by atoms with E-state index in [4.69, 9.17) is 9.47 Å². The Morgan fingerprint density at radius 2 is 1.96 bits per heavy atom. The number of rotatable bonds is 6. The van der Waals surface area contributed by atoms with E-state index in [9.17, 15) is 0 Å². The fourth-order valence-electron chi connectivity index (χ4n) is 3.81. The van der Waals surface area contributed by atoms with Crippen molar-refractivity contribution in [1.29, 1.82) is 0 Å². The smallest absolute Gasteiger partial charge is 0.0883 e. The van der Waals surface area contributed by atoms with Crippen molar-refractivity contribution in [2.45, 2.75) is 32.0 Å². The van der Waals surface area contributed by atoms with Crippen molar-refractivity contribution in [2.24, 2.45) is 5.92 Å². The summed E-state index contributed by atoms with van der Waals surface area (Å²) in [5, 5.41) is 4.53. The largest absolute Gasteiger partial charge is 0.381 e. The van der Waals surface area contributed by atoms with Crippen molar-refractivity contribution >= 4 is 0 Å². The second-order valence-electron chi connectivity index (χ2n) is 7.04. The second-order valence-corrected chi connectivity index (χ2v) is 7.04. The van der Waals surface area contributed by atoms with Crippen LogP contribution in [-0.4, -0.2) is 52.6 Å². The molecule has 0 aromatic carbocycles. The molecule has 2 aromatic heterocycles. The summed E-state index contributed by atoms with van der Waals surface area (Å²) in [7, 11) is 0. The summed E-state index contributed by atoms with van der Waals surface area (Å²) >= 11 is 0. The van der Waals surface area contributed by atoms with Gasteiger partial charge in [0.25, 0.3) is 0 Å². The van der Waals surface area contributed by atoms with E-state index >= 15 is 0 Å². The number of aromatic nitrogens is 3. The van der Waals surface area contributed by atoms with Gasteiger partial charge in [-0.15, -0.1) is 0 Å². The summed E-state index contributed by atoms with van der Waals surface area (Å²) < 4.78 is 13.6. The number of nitrogens with zero attached hydrogens (tertiary/aromatic N) is 4. The minimum atomic E-state index is 0.278. The molecule has 4 heterocycles. The van der Waals surface area contributed by atoms with E-state index in [0.29, 0.717) is 13.2 Å². The molecule has 1 saturated heterocycles. The van der Waals surface area contributed by atoms with Crippen LogP contribution in [0.2, 0.25) is 0 Å². The van der Waals surface area contributed by atoms with Gasteiger partial charge in [0.2, 0.25) is 0 Å². The first-order valence-corrected chi connectivity index (χ1v) is 9.17. The van der Waals surface area contributed by atoms with Gasteiger partial charge in [0.1, 0.15) is 0 Å². The highest BCUT2D eigenvalue weighted by molar-refractivity contribution is 5.08. The van der Waals surface area contributed by atoms with Crippen LogP contribution < -0.4 is 0 Å². The first-order valence-electron chi connectivity index (χ1n) is 9.17. The molecule has 25 heavy (non-hydrogen) atoms. The zero-order valence-corrected chi connectivity index (χ0v) is 14.6. The van der Waals surface area contributed by atoms with Crippen LogP contribution in [0, 0.1) is 5.92 Å². The number of pyridine rings is 1. The lowest BCUT2D eigenvalue weighted by Crippen LogP contribution is -2.42. The summed E-state index contributed by atoms with van der Waals surface area (Å²) in [5.41, 5.74) is 2.45. The third-order valence-electron chi connectivity index (χ3n) is 5.14. The molecule has 2 aliphatic heterocycles. The van der Waals surface area contributed by atoms with Gasteiger partial charge in [0, 0.05) is 51.4 Å². The van der Waals surface area contributed by atoms with E-state index < -0.39 is 0 Å². The Morgan fingerprint density at radius 1 is 1.12 bits per heavy atom. The van der Waals surface area contributed by atoms with Gasteiger partial charge < -0.3 is 9.47 Å². The number of ether oxygens (including phenoxy) is 2. The van der Waals surface area contributed by atoms with Crippen LogP contribution in [0.25, 0.3) is 0 Å². The van der Waals surface area contributed by atoms with Gasteiger partial charge >= 0.3 is 0 Å². The lowest BCUT2D eigenvalue weighted by atomic mass is 9.99. The molecule has 6 heteroatoms. The second kappa shape index (κ2) is 8.08. The number of hydrogen-bond acceptors (Lipinski definition) is 5. The van der Waals surface area contributed by atoms with Gasteiger partial charge in [-0.1, -0.05) is 0 Å². The van der Waals surface area contributed by atoms with Crippen LogP contribution in [0.15, 0.2) is 36.8 Å². The molecule has 2 aliphatic rings. The van der Waals surface area contributed by atoms with E-state index in [1.165, 1.54) is 18.5 Å². The fourth-order valence-corrected chi connectivity index (χ4v) is 3.81. The van der Waals surface area contributed by atoms with Crippen molar-refractivity contribution in [3.8, 4) is 0 Å². The highest BCUT2D eigenvalue weighted by atomic mass is 16.5. The van der Waals surface area contributed by atoms with Crippen molar-refractivity contribution in [2.75, 3.05) is 32.9 Å². The molecule has 0 N–H and O–H groups in total. The molecule has 2 aromatic rings. The minimum Gasteiger partial charge on any atom is -0.381 e. The first-order chi connectivity index (χ1) is 12.4. The monoisotopic (exact) mass is 342 g/mol. The van der Waals surface area contributed by atoms with Gasteiger partial charge in [0.15, 0.2) is 0 Å². The zero-order chi connectivity index (χ0) is 16.9. The van der Waals surface area contributed by atoms with Gasteiger partial charge in [-0.3, -0.25) is 14.6 Å². The van der Waals surface area contributed by atoms with Crippen LogP contribution in [0.4, 0.5) is 0 Å². The average Bonchev–Trinajstić information content (AvgIpc) is 3.12. The van der Waals surface area contributed by atoms with Crippen molar-refractivity contribution in [1.82, 2.24) is 19.7 Å². The van der Waals surface area contributed by atoms with Crippen LogP contribution in [-0.2, 0) is 22.6 Å². The molecular formula is C19H26N4O2. The maximum atomic E-state index is 5.99. The Hall–Kier alpha value is -1.76. The summed E-state index contributed by atoms with van der Waals surface area (Å²) in [6, 6.07) is 6.40. The molecule has 0 radical (unpaired) electrons. The summed E-state index contributed by atoms with van der Waals surface area (Å²) in [6.07, 6.45) is 7.88. The Labute approximate surface area is 148 Å². The van der Waals surface area contributed by atoms with E-state index in [-0.39, 0.29) is 6.04 Å². The minimum absolute atomic E-state index is 0.278. The normalized spacial score (nSPS) is 22.0. The van der Waals surface area contributed by atoms with Crippen LogP contribution >= 0.6 is 0 Å². The highest BCUT2D eigenvalue weighted by Crippen LogP contribution is 2.24. The van der Waals surface area contributed by atoms with E-state index in [1.807, 2.05) is 18.3 Å². The summed E-state index contributed by atoms with van der Waals surface area (Å²) in [4.78, 5) is 6.61. The molecule has 6 nitrogen and oxygen atoms in total. The van der Waals surface area contributed by atoms with Crippen molar-refractivity contribution in [3.05, 3.63) is 48.0 Å². The molecule has 0 aliphatic carbocycles. The zero-order valence-electron chi connectivity index (χ0n) is 14.6. The molecule has 0 amide bonds. The van der Waals surface area contributed by atoms with E-state index in [2.05, 4.69) is 25.7 Å². The third kappa shape index (κ3) is 4.26. The van der Waals surface area contributed by atoms with Crippen LogP contribution in [0.5, 0.6) is 0 Å². The molecule has 0 bridgehead atoms. The van der Waals surface area contributed by atoms with E-state index in [1.54, 1.807) is 12.4 Å². The molecule has 1 fully saturated rings. The number of hydrogen-bond donors (Lipinski definition) is 0. The highest BCUT2D eigenvalue weighted by Gasteiger charge is 2.27. The Bertz CT molecular complexity index is 654. The van der Waals surface area contributed by atoms with E-state index in [0.717, 1.165) is 44.3 Å². The summed E-state index contributed by atoms with van der Waals surface area (Å²) in [6.45, 7) is 6.26. The number of fused-ring (bicyclic) bond motifs is 1. The molecule has 0 unspecified atom stereocenters. The lowest BCUT2D eigenvalue weighted by Gasteiger charge is -2.36. The molecule has 4 rings (SSSR count). The summed E-state index contributed by atoms with van der Waals surface area (Å²) in [5.74, 6) is 0.751. The SMILES string of the molecule is c1cc(COC[C@@H]2CN(CC3CCOCC3)Cc3ccnn32)ccn1. The maximum Gasteiger partial charge on any atom is 0.0883 e. The molecule has 0 saturated carbocycles. The third-order valence-corrected chi connectivity index (χ3v) is 5.14. The Kier molecular flexibility index (Phi) is 5.40. The standard InChI is InChI=1S/C19H26N4O2/c1-6-20-7-2-17(1)14-25-15-19-13-22(11-16-4-9-24-10-5-16)12-18-3-8-21-23(18)19/h1-3,6-8,16,19H,4-5,9-15H2/t19-/m0/s1. The van der Waals surface area contributed by atoms with Gasteiger partial charge in [-0.25, -0.2) is 0 Å². The van der Waals surface area contributed by atoms with Gasteiger partial charge in [-0.05, 0) is 42.5 Å². The molecule has 134 valence electrons. The first kappa shape index (κ1) is 16.7. The quantitative estimate of drug-likeness (QED) is 0.806.